The van der Waals surface area contributed by atoms with Crippen LogP contribution in [-0.2, 0) is 35.1 Å². The molecule has 0 spiro atoms. The van der Waals surface area contributed by atoms with Crippen LogP contribution in [0.2, 0.25) is 0 Å². The highest BCUT2D eigenvalue weighted by Crippen LogP contribution is 2.65. The van der Waals surface area contributed by atoms with Gasteiger partial charge in [-0.05, 0) is 30.7 Å². The molecule has 0 bridgehead atoms. The molecule has 6 atom stereocenters. The zero-order valence-electron chi connectivity index (χ0n) is 18.4. The van der Waals surface area contributed by atoms with Crippen LogP contribution in [-0.4, -0.2) is 47.4 Å². The number of ether oxygens (including phenoxy) is 2. The molecular formula is C23H28O8. The highest BCUT2D eigenvalue weighted by atomic mass is 16.5. The Balaban J connectivity index is 1.91. The topological polar surface area (TPSA) is 120 Å². The molecule has 8 nitrogen and oxygen atoms in total. The van der Waals surface area contributed by atoms with Gasteiger partial charge in [0.2, 0.25) is 0 Å². The zero-order chi connectivity index (χ0) is 22.9. The van der Waals surface area contributed by atoms with E-state index in [-0.39, 0.29) is 25.0 Å². The summed E-state index contributed by atoms with van der Waals surface area (Å²) in [6.45, 7) is 6.43. The number of aliphatic hydroxyl groups is 1. The largest absolute Gasteiger partial charge is 0.469 e. The number of hydrogen-bond acceptors (Lipinski definition) is 8. The number of carbonyl (C=O) groups is 4. The lowest BCUT2D eigenvalue weighted by Gasteiger charge is -2.64. The fourth-order valence-corrected chi connectivity index (χ4v) is 6.46. The summed E-state index contributed by atoms with van der Waals surface area (Å²) in [7, 11) is 1.25. The molecule has 1 aromatic rings. The van der Waals surface area contributed by atoms with Crippen LogP contribution in [0.5, 0.6) is 0 Å². The average molecular weight is 432 g/mol. The minimum absolute atomic E-state index is 0.106. The van der Waals surface area contributed by atoms with Gasteiger partial charge in [0.1, 0.15) is 11.5 Å². The minimum atomic E-state index is -1.67. The third-order valence-electron chi connectivity index (χ3n) is 8.10. The van der Waals surface area contributed by atoms with Crippen LogP contribution in [0.1, 0.15) is 57.8 Å². The second kappa shape index (κ2) is 6.76. The predicted octanol–water partition coefficient (Wildman–Crippen LogP) is 1.97. The zero-order valence-corrected chi connectivity index (χ0v) is 18.4. The molecular weight excluding hydrogens is 404 g/mol. The Labute approximate surface area is 180 Å². The Morgan fingerprint density at radius 1 is 1.23 bits per heavy atom. The van der Waals surface area contributed by atoms with Crippen molar-refractivity contribution in [2.75, 3.05) is 7.11 Å². The number of esters is 2. The van der Waals surface area contributed by atoms with Gasteiger partial charge in [-0.25, -0.2) is 0 Å². The number of hydrogen-bond donors (Lipinski definition) is 1. The molecule has 0 aliphatic heterocycles. The Bertz CT molecular complexity index is 974. The molecule has 168 valence electrons. The van der Waals surface area contributed by atoms with Crippen molar-refractivity contribution < 1.29 is 38.2 Å². The van der Waals surface area contributed by atoms with E-state index in [0.717, 1.165) is 0 Å². The fraction of sp³-hybridized carbons (Fsp3) is 0.652. The van der Waals surface area contributed by atoms with E-state index in [1.165, 1.54) is 20.3 Å². The van der Waals surface area contributed by atoms with E-state index in [1.807, 2.05) is 0 Å². The molecule has 2 unspecified atom stereocenters. The first-order valence-electron chi connectivity index (χ1n) is 10.5. The molecule has 1 heterocycles. The van der Waals surface area contributed by atoms with Gasteiger partial charge in [-0.15, -0.1) is 0 Å². The van der Waals surface area contributed by atoms with Gasteiger partial charge in [-0.1, -0.05) is 13.8 Å². The maximum atomic E-state index is 13.8. The highest BCUT2D eigenvalue weighted by Gasteiger charge is 2.74. The fourth-order valence-electron chi connectivity index (χ4n) is 6.46. The van der Waals surface area contributed by atoms with E-state index in [0.29, 0.717) is 11.3 Å². The summed E-state index contributed by atoms with van der Waals surface area (Å²) in [5, 5.41) is 12.0. The molecule has 3 aliphatic carbocycles. The lowest BCUT2D eigenvalue weighted by molar-refractivity contribution is -0.239. The van der Waals surface area contributed by atoms with E-state index >= 15 is 0 Å². The molecule has 2 saturated carbocycles. The van der Waals surface area contributed by atoms with E-state index in [2.05, 4.69) is 0 Å². The van der Waals surface area contributed by atoms with Crippen LogP contribution in [0.3, 0.4) is 0 Å². The molecule has 1 N–H and O–H groups in total. The van der Waals surface area contributed by atoms with Gasteiger partial charge in [-0.3, -0.25) is 19.2 Å². The van der Waals surface area contributed by atoms with Crippen LogP contribution in [0, 0.1) is 22.7 Å². The summed E-state index contributed by atoms with van der Waals surface area (Å²) in [4.78, 5) is 51.7. The minimum Gasteiger partial charge on any atom is -0.469 e. The molecule has 1 aromatic heterocycles. The third-order valence-corrected chi connectivity index (χ3v) is 8.10. The van der Waals surface area contributed by atoms with E-state index < -0.39 is 58.0 Å². The Kier molecular flexibility index (Phi) is 4.74. The SMILES string of the molecule is COC(=O)[C@@H]1c2ccoc2CC2C1C(=O)C[C@@]1(O)C(C)(C)C[C@@H](OC(C)=O)C(=O)[C@]21C. The smallest absolute Gasteiger partial charge is 0.314 e. The molecule has 0 amide bonds. The van der Waals surface area contributed by atoms with Gasteiger partial charge < -0.3 is 19.0 Å². The Hall–Kier alpha value is -2.48. The third kappa shape index (κ3) is 2.70. The van der Waals surface area contributed by atoms with Gasteiger partial charge in [0, 0.05) is 31.2 Å². The average Bonchev–Trinajstić information content (AvgIpc) is 3.15. The standard InChI is InChI=1S/C23H28O8/c1-11(24)31-16-10-21(2,3)23(28)9-14(25)18-13(22(23,4)19(16)26)8-15-12(6-7-30-15)17(18)20(27)29-5/h6-7,13,16-18,28H,8-10H2,1-5H3/t13?,16-,17-,18?,22+,23-/m1/s1. The van der Waals surface area contributed by atoms with Gasteiger partial charge in [-0.2, -0.15) is 0 Å². The second-order valence-electron chi connectivity index (χ2n) is 9.89. The Morgan fingerprint density at radius 3 is 2.52 bits per heavy atom. The van der Waals surface area contributed by atoms with Crippen LogP contribution >= 0.6 is 0 Å². The number of Topliss-reactive ketones (excluding diaryl/α,β-unsaturated/α-hetero) is 2. The van der Waals surface area contributed by atoms with Crippen molar-refractivity contribution in [2.45, 2.75) is 64.6 Å². The number of ketones is 2. The number of rotatable bonds is 2. The summed E-state index contributed by atoms with van der Waals surface area (Å²) >= 11 is 0. The van der Waals surface area contributed by atoms with Crippen molar-refractivity contribution in [2.24, 2.45) is 22.7 Å². The van der Waals surface area contributed by atoms with Crippen molar-refractivity contribution in [3.05, 3.63) is 23.7 Å². The number of carbonyl (C=O) groups excluding carboxylic acids is 4. The number of methoxy groups -OCH3 is 1. The maximum absolute atomic E-state index is 13.8. The van der Waals surface area contributed by atoms with Crippen molar-refractivity contribution in [3.8, 4) is 0 Å². The normalized spacial score (nSPS) is 38.5. The van der Waals surface area contributed by atoms with Crippen LogP contribution < -0.4 is 0 Å². The first kappa shape index (κ1) is 21.7. The summed E-state index contributed by atoms with van der Waals surface area (Å²) < 4.78 is 16.0. The molecule has 3 aliphatic rings. The van der Waals surface area contributed by atoms with Gasteiger partial charge in [0.05, 0.1) is 30.3 Å². The van der Waals surface area contributed by atoms with E-state index in [1.54, 1.807) is 26.8 Å². The lowest BCUT2D eigenvalue weighted by Crippen LogP contribution is -2.74. The van der Waals surface area contributed by atoms with Crippen LogP contribution in [0.4, 0.5) is 0 Å². The number of fused-ring (bicyclic) bond motifs is 4. The molecule has 4 rings (SSSR count). The van der Waals surface area contributed by atoms with E-state index in [4.69, 9.17) is 13.9 Å². The summed E-state index contributed by atoms with van der Waals surface area (Å²) in [6.07, 6.45) is 0.456. The molecule has 0 aromatic carbocycles. The molecule has 0 saturated heterocycles. The van der Waals surface area contributed by atoms with Crippen LogP contribution in [0.15, 0.2) is 16.7 Å². The van der Waals surface area contributed by atoms with Crippen molar-refractivity contribution in [1.82, 2.24) is 0 Å². The monoisotopic (exact) mass is 432 g/mol. The van der Waals surface area contributed by atoms with Crippen molar-refractivity contribution in [3.63, 3.8) is 0 Å². The predicted molar refractivity (Wildman–Crippen MR) is 106 cm³/mol. The summed E-state index contributed by atoms with van der Waals surface area (Å²) in [5.74, 6) is -3.86. The second-order valence-corrected chi connectivity index (χ2v) is 9.89. The summed E-state index contributed by atoms with van der Waals surface area (Å²) in [6, 6.07) is 1.65. The van der Waals surface area contributed by atoms with Crippen molar-refractivity contribution in [1.29, 1.82) is 0 Å². The van der Waals surface area contributed by atoms with Gasteiger partial charge in [0.25, 0.3) is 0 Å². The highest BCUT2D eigenvalue weighted by molar-refractivity contribution is 5.99. The quantitative estimate of drug-likeness (QED) is 0.704. The van der Waals surface area contributed by atoms with Crippen molar-refractivity contribution >= 4 is 23.5 Å². The Morgan fingerprint density at radius 2 is 1.90 bits per heavy atom. The van der Waals surface area contributed by atoms with E-state index in [9.17, 15) is 24.3 Å². The summed E-state index contributed by atoms with van der Waals surface area (Å²) in [5.41, 5.74) is -3.43. The lowest BCUT2D eigenvalue weighted by atomic mass is 9.40. The van der Waals surface area contributed by atoms with Gasteiger partial charge in [0.15, 0.2) is 11.9 Å². The van der Waals surface area contributed by atoms with Crippen LogP contribution in [0.25, 0.3) is 0 Å². The molecule has 8 heteroatoms. The number of furan rings is 1. The first-order chi connectivity index (χ1) is 14.4. The first-order valence-corrected chi connectivity index (χ1v) is 10.5. The molecule has 31 heavy (non-hydrogen) atoms. The van der Waals surface area contributed by atoms with Gasteiger partial charge >= 0.3 is 11.9 Å². The molecule has 2 fully saturated rings. The molecule has 0 radical (unpaired) electrons. The maximum Gasteiger partial charge on any atom is 0.314 e.